The van der Waals surface area contributed by atoms with Crippen LogP contribution in [0.5, 0.6) is 0 Å². The van der Waals surface area contributed by atoms with Gasteiger partial charge in [0.2, 0.25) is 0 Å². The van der Waals surface area contributed by atoms with Crippen molar-refractivity contribution in [3.63, 3.8) is 0 Å². The van der Waals surface area contributed by atoms with Gasteiger partial charge in [-0.1, -0.05) is 20.8 Å². The van der Waals surface area contributed by atoms with E-state index in [1.165, 1.54) is 0 Å². The van der Waals surface area contributed by atoms with E-state index in [9.17, 15) is 0 Å². The van der Waals surface area contributed by atoms with Crippen LogP contribution in [-0.2, 0) is 0 Å². The molecule has 2 heteroatoms. The van der Waals surface area contributed by atoms with Crippen LogP contribution >= 0.6 is 11.6 Å². The number of halogens is 1. The van der Waals surface area contributed by atoms with Gasteiger partial charge in [-0.15, -0.1) is 11.6 Å². The molecule has 0 radical (unpaired) electrons. The van der Waals surface area contributed by atoms with Gasteiger partial charge in [0.15, 0.2) is 0 Å². The molecular weight excluding hydrogens is 194 g/mol. The molecule has 0 aliphatic carbocycles. The van der Waals surface area contributed by atoms with Crippen LogP contribution in [0, 0.1) is 5.41 Å². The highest BCUT2D eigenvalue weighted by Crippen LogP contribution is 2.39. The Balaban J connectivity index is 2.88. The third-order valence-electron chi connectivity index (χ3n) is 3.07. The summed E-state index contributed by atoms with van der Waals surface area (Å²) in [4.78, 5) is 2.56. The Labute approximate surface area is 93.8 Å². The van der Waals surface area contributed by atoms with Crippen molar-refractivity contribution >= 4 is 11.6 Å². The summed E-state index contributed by atoms with van der Waals surface area (Å²) in [5.74, 6) is 0. The molecule has 0 aromatic heterocycles. The minimum absolute atomic E-state index is 0.238. The van der Waals surface area contributed by atoms with Crippen LogP contribution in [0.15, 0.2) is 0 Å². The zero-order chi connectivity index (χ0) is 11.1. The summed E-state index contributed by atoms with van der Waals surface area (Å²) in [6.07, 6.45) is 1.13. The molecule has 1 saturated heterocycles. The second kappa shape index (κ2) is 3.68. The molecule has 0 bridgehead atoms. The zero-order valence-electron chi connectivity index (χ0n) is 10.4. The van der Waals surface area contributed by atoms with Gasteiger partial charge < -0.3 is 0 Å². The summed E-state index contributed by atoms with van der Waals surface area (Å²) in [5, 5.41) is 0.314. The molecule has 0 saturated carbocycles. The lowest BCUT2D eigenvalue weighted by atomic mass is 9.83. The molecular formula is C12H24ClN. The van der Waals surface area contributed by atoms with Crippen molar-refractivity contribution in [1.82, 2.24) is 4.90 Å². The third-order valence-corrected chi connectivity index (χ3v) is 3.53. The molecule has 1 aliphatic rings. The lowest BCUT2D eigenvalue weighted by molar-refractivity contribution is 0.0595. The minimum Gasteiger partial charge on any atom is -0.293 e. The standard InChI is InChI=1S/C12H24ClN/c1-11(2,3)10-9(13)7-8-14(10)12(4,5)6/h9-10H,7-8H2,1-6H3/t9-,10-/m0/s1. The quantitative estimate of drug-likeness (QED) is 0.562. The molecule has 0 unspecified atom stereocenters. The smallest absolute Gasteiger partial charge is 0.0508 e. The molecule has 0 aromatic rings. The Morgan fingerprint density at radius 1 is 1.07 bits per heavy atom. The fraction of sp³-hybridized carbons (Fsp3) is 1.00. The summed E-state index contributed by atoms with van der Waals surface area (Å²) >= 11 is 6.42. The molecule has 2 atom stereocenters. The highest BCUT2D eigenvalue weighted by molar-refractivity contribution is 6.21. The van der Waals surface area contributed by atoms with E-state index in [1.54, 1.807) is 0 Å². The van der Waals surface area contributed by atoms with E-state index in [0.29, 0.717) is 11.4 Å². The van der Waals surface area contributed by atoms with Crippen LogP contribution in [0.25, 0.3) is 0 Å². The molecule has 14 heavy (non-hydrogen) atoms. The van der Waals surface area contributed by atoms with Crippen molar-refractivity contribution in [2.75, 3.05) is 6.54 Å². The van der Waals surface area contributed by atoms with E-state index in [0.717, 1.165) is 13.0 Å². The van der Waals surface area contributed by atoms with Crippen molar-refractivity contribution in [2.24, 2.45) is 5.41 Å². The highest BCUT2D eigenvalue weighted by atomic mass is 35.5. The topological polar surface area (TPSA) is 3.24 Å². The van der Waals surface area contributed by atoms with Gasteiger partial charge in [0, 0.05) is 18.1 Å². The Kier molecular flexibility index (Phi) is 3.24. The van der Waals surface area contributed by atoms with E-state index in [-0.39, 0.29) is 11.0 Å². The Hall–Kier alpha value is 0.250. The van der Waals surface area contributed by atoms with E-state index >= 15 is 0 Å². The molecule has 0 aromatic carbocycles. The lowest BCUT2D eigenvalue weighted by Crippen LogP contribution is -2.51. The van der Waals surface area contributed by atoms with Gasteiger partial charge in [0.05, 0.1) is 5.38 Å². The first kappa shape index (κ1) is 12.3. The number of hydrogen-bond acceptors (Lipinski definition) is 1. The first-order chi connectivity index (χ1) is 6.14. The molecule has 1 aliphatic heterocycles. The predicted octanol–water partition coefficient (Wildman–Crippen LogP) is 3.51. The van der Waals surface area contributed by atoms with Gasteiger partial charge in [-0.2, -0.15) is 0 Å². The number of rotatable bonds is 0. The predicted molar refractivity (Wildman–Crippen MR) is 64.0 cm³/mol. The van der Waals surface area contributed by atoms with E-state index in [1.807, 2.05) is 0 Å². The summed E-state index contributed by atoms with van der Waals surface area (Å²) in [7, 11) is 0. The Morgan fingerprint density at radius 3 is 1.86 bits per heavy atom. The molecule has 84 valence electrons. The van der Waals surface area contributed by atoms with Gasteiger partial charge >= 0.3 is 0 Å². The summed E-state index contributed by atoms with van der Waals surface area (Å²) in [5.41, 5.74) is 0.512. The molecule has 1 fully saturated rings. The summed E-state index contributed by atoms with van der Waals surface area (Å²) in [6.45, 7) is 14.8. The lowest BCUT2D eigenvalue weighted by Gasteiger charge is -2.44. The Morgan fingerprint density at radius 2 is 1.57 bits per heavy atom. The van der Waals surface area contributed by atoms with Gasteiger partial charge in [0.1, 0.15) is 0 Å². The first-order valence-electron chi connectivity index (χ1n) is 5.55. The van der Waals surface area contributed by atoms with Crippen LogP contribution in [-0.4, -0.2) is 28.4 Å². The first-order valence-corrected chi connectivity index (χ1v) is 5.98. The fourth-order valence-electron chi connectivity index (χ4n) is 2.52. The van der Waals surface area contributed by atoms with Gasteiger partial charge in [-0.05, 0) is 32.6 Å². The monoisotopic (exact) mass is 217 g/mol. The average Bonchev–Trinajstić information content (AvgIpc) is 2.27. The Bertz CT molecular complexity index is 199. The summed E-state index contributed by atoms with van der Waals surface area (Å²) < 4.78 is 0. The van der Waals surface area contributed by atoms with Crippen LogP contribution in [0.2, 0.25) is 0 Å². The van der Waals surface area contributed by atoms with E-state index in [2.05, 4.69) is 46.4 Å². The maximum absolute atomic E-state index is 6.42. The second-order valence-corrected chi connectivity index (χ2v) is 7.04. The largest absolute Gasteiger partial charge is 0.293 e. The van der Waals surface area contributed by atoms with Gasteiger partial charge in [0.25, 0.3) is 0 Å². The maximum Gasteiger partial charge on any atom is 0.0508 e. The van der Waals surface area contributed by atoms with E-state index < -0.39 is 0 Å². The number of nitrogens with zero attached hydrogens (tertiary/aromatic N) is 1. The fourth-order valence-corrected chi connectivity index (χ4v) is 3.13. The summed E-state index contributed by atoms with van der Waals surface area (Å²) in [6, 6.07) is 0.504. The van der Waals surface area contributed by atoms with Crippen LogP contribution in [0.4, 0.5) is 0 Å². The minimum atomic E-state index is 0.238. The highest BCUT2D eigenvalue weighted by Gasteiger charge is 2.44. The number of likely N-dealkylation sites (tertiary alicyclic amines) is 1. The van der Waals surface area contributed by atoms with Crippen molar-refractivity contribution < 1.29 is 0 Å². The molecule has 0 spiro atoms. The molecule has 1 heterocycles. The zero-order valence-corrected chi connectivity index (χ0v) is 11.2. The van der Waals surface area contributed by atoms with Crippen molar-refractivity contribution in [2.45, 2.75) is 64.9 Å². The van der Waals surface area contributed by atoms with Crippen molar-refractivity contribution in [1.29, 1.82) is 0 Å². The second-order valence-electron chi connectivity index (χ2n) is 6.48. The van der Waals surface area contributed by atoms with Crippen LogP contribution in [0.1, 0.15) is 48.0 Å². The normalized spacial score (nSPS) is 31.1. The average molecular weight is 218 g/mol. The maximum atomic E-state index is 6.42. The van der Waals surface area contributed by atoms with Crippen molar-refractivity contribution in [3.8, 4) is 0 Å². The molecule has 0 N–H and O–H groups in total. The van der Waals surface area contributed by atoms with E-state index in [4.69, 9.17) is 11.6 Å². The molecule has 1 nitrogen and oxygen atoms in total. The SMILES string of the molecule is CC(C)(C)[C@@H]1[C@@H](Cl)CCN1C(C)(C)C. The van der Waals surface area contributed by atoms with Gasteiger partial charge in [-0.3, -0.25) is 4.90 Å². The van der Waals surface area contributed by atoms with Gasteiger partial charge in [-0.25, -0.2) is 0 Å². The number of hydrogen-bond donors (Lipinski definition) is 0. The molecule has 0 amide bonds. The number of alkyl halides is 1. The van der Waals surface area contributed by atoms with Crippen molar-refractivity contribution in [3.05, 3.63) is 0 Å². The van der Waals surface area contributed by atoms with Crippen LogP contribution in [0.3, 0.4) is 0 Å². The third kappa shape index (κ3) is 2.43. The molecule has 1 rings (SSSR count). The van der Waals surface area contributed by atoms with Crippen LogP contribution < -0.4 is 0 Å².